The first-order chi connectivity index (χ1) is 10.1. The average Bonchev–Trinajstić information content (AvgIpc) is 2.85. The molecule has 0 amide bonds. The van der Waals surface area contributed by atoms with Crippen LogP contribution in [0.15, 0.2) is 48.2 Å². The maximum absolute atomic E-state index is 12.3. The fraction of sp³-hybridized carbons (Fsp3) is 0.188. The van der Waals surface area contributed by atoms with Gasteiger partial charge in [-0.15, -0.1) is 6.58 Å². The fourth-order valence-electron chi connectivity index (χ4n) is 2.48. The zero-order chi connectivity index (χ0) is 15.0. The van der Waals surface area contributed by atoms with Gasteiger partial charge in [0.25, 0.3) is 5.56 Å². The van der Waals surface area contributed by atoms with Crippen molar-refractivity contribution in [3.05, 3.63) is 64.9 Å². The topological polar surface area (TPSA) is 52.7 Å². The summed E-state index contributed by atoms with van der Waals surface area (Å²) in [5.74, 6) is 0. The molecule has 3 aromatic rings. The highest BCUT2D eigenvalue weighted by molar-refractivity contribution is 5.75. The van der Waals surface area contributed by atoms with E-state index in [0.29, 0.717) is 17.6 Å². The zero-order valence-corrected chi connectivity index (χ0v) is 12.1. The number of hydrogen-bond donors (Lipinski definition) is 0. The molecule has 0 aliphatic carbocycles. The highest BCUT2D eigenvalue weighted by Crippen LogP contribution is 2.16. The molecule has 106 valence electrons. The van der Waals surface area contributed by atoms with Crippen molar-refractivity contribution in [3.8, 4) is 5.69 Å². The summed E-state index contributed by atoms with van der Waals surface area (Å²) in [5, 5.41) is 4.84. The lowest BCUT2D eigenvalue weighted by atomic mass is 10.1. The third-order valence-electron chi connectivity index (χ3n) is 3.33. The molecule has 0 radical (unpaired) electrons. The van der Waals surface area contributed by atoms with Crippen LogP contribution in [0.3, 0.4) is 0 Å². The molecule has 0 saturated heterocycles. The Bertz CT molecular complexity index is 869. The lowest BCUT2D eigenvalue weighted by Crippen LogP contribution is -2.19. The molecule has 0 saturated carbocycles. The zero-order valence-electron chi connectivity index (χ0n) is 12.1. The molecule has 5 nitrogen and oxygen atoms in total. The molecule has 0 aliphatic rings. The molecule has 2 heterocycles. The molecule has 0 unspecified atom stereocenters. The van der Waals surface area contributed by atoms with Crippen molar-refractivity contribution in [2.75, 3.05) is 0 Å². The van der Waals surface area contributed by atoms with Crippen LogP contribution in [0.2, 0.25) is 0 Å². The molecule has 0 spiro atoms. The molecule has 5 heteroatoms. The number of fused-ring (bicyclic) bond motifs is 1. The van der Waals surface area contributed by atoms with Gasteiger partial charge in [0.15, 0.2) is 5.65 Å². The van der Waals surface area contributed by atoms with Crippen molar-refractivity contribution in [2.24, 2.45) is 0 Å². The normalized spacial score (nSPS) is 11.0. The minimum Gasteiger partial charge on any atom is -0.295 e. The van der Waals surface area contributed by atoms with Crippen LogP contribution >= 0.6 is 0 Å². The Kier molecular flexibility index (Phi) is 3.17. The molecular formula is C16H16N4O. The van der Waals surface area contributed by atoms with Gasteiger partial charge in [0, 0.05) is 6.54 Å². The second-order valence-electron chi connectivity index (χ2n) is 5.13. The van der Waals surface area contributed by atoms with Crippen LogP contribution in [0.5, 0.6) is 0 Å². The standard InChI is InChI=1S/C16H16N4O/c1-4-5-19-10-17-15-14(16(19)21)9-18-20(15)13-7-11(2)6-12(3)8-13/h4,6-10H,1,5H2,2-3H3. The molecule has 21 heavy (non-hydrogen) atoms. The van der Waals surface area contributed by atoms with E-state index in [0.717, 1.165) is 16.8 Å². The summed E-state index contributed by atoms with van der Waals surface area (Å²) in [7, 11) is 0. The first-order valence-electron chi connectivity index (χ1n) is 6.73. The summed E-state index contributed by atoms with van der Waals surface area (Å²) < 4.78 is 3.22. The Labute approximate surface area is 122 Å². The molecule has 2 aromatic heterocycles. The minimum atomic E-state index is -0.101. The van der Waals surface area contributed by atoms with Gasteiger partial charge < -0.3 is 0 Å². The smallest absolute Gasteiger partial charge is 0.264 e. The van der Waals surface area contributed by atoms with E-state index in [1.807, 2.05) is 26.0 Å². The van der Waals surface area contributed by atoms with Gasteiger partial charge in [-0.25, -0.2) is 9.67 Å². The van der Waals surface area contributed by atoms with Gasteiger partial charge in [-0.3, -0.25) is 9.36 Å². The second-order valence-corrected chi connectivity index (χ2v) is 5.13. The van der Waals surface area contributed by atoms with E-state index in [4.69, 9.17) is 0 Å². The Hall–Kier alpha value is -2.69. The van der Waals surface area contributed by atoms with Crippen molar-refractivity contribution in [1.82, 2.24) is 19.3 Å². The van der Waals surface area contributed by atoms with Crippen molar-refractivity contribution < 1.29 is 0 Å². The maximum atomic E-state index is 12.3. The third-order valence-corrected chi connectivity index (χ3v) is 3.33. The fourth-order valence-corrected chi connectivity index (χ4v) is 2.48. The van der Waals surface area contributed by atoms with Crippen LogP contribution in [-0.4, -0.2) is 19.3 Å². The van der Waals surface area contributed by atoms with E-state index in [1.165, 1.54) is 10.9 Å². The van der Waals surface area contributed by atoms with E-state index in [-0.39, 0.29) is 5.56 Å². The van der Waals surface area contributed by atoms with E-state index >= 15 is 0 Å². The minimum absolute atomic E-state index is 0.101. The quantitative estimate of drug-likeness (QED) is 0.692. The van der Waals surface area contributed by atoms with E-state index in [9.17, 15) is 4.79 Å². The monoisotopic (exact) mass is 280 g/mol. The first kappa shape index (κ1) is 13.3. The number of hydrogen-bond acceptors (Lipinski definition) is 3. The van der Waals surface area contributed by atoms with Gasteiger partial charge in [-0.2, -0.15) is 5.10 Å². The van der Waals surface area contributed by atoms with Crippen molar-refractivity contribution in [2.45, 2.75) is 20.4 Å². The summed E-state index contributed by atoms with van der Waals surface area (Å²) in [6, 6.07) is 6.15. The number of aryl methyl sites for hydroxylation is 2. The number of benzene rings is 1. The molecule has 1 aromatic carbocycles. The highest BCUT2D eigenvalue weighted by atomic mass is 16.1. The maximum Gasteiger partial charge on any atom is 0.264 e. The first-order valence-corrected chi connectivity index (χ1v) is 6.73. The lowest BCUT2D eigenvalue weighted by molar-refractivity contribution is 0.764. The molecule has 0 atom stereocenters. The third kappa shape index (κ3) is 2.27. The summed E-state index contributed by atoms with van der Waals surface area (Å²) in [6.45, 7) is 8.15. The number of rotatable bonds is 3. The number of allylic oxidation sites excluding steroid dienone is 1. The Morgan fingerprint density at radius 2 is 1.95 bits per heavy atom. The average molecular weight is 280 g/mol. The van der Waals surface area contributed by atoms with Crippen LogP contribution in [0.1, 0.15) is 11.1 Å². The van der Waals surface area contributed by atoms with Crippen molar-refractivity contribution in [3.63, 3.8) is 0 Å². The predicted octanol–water partition coefficient (Wildman–Crippen LogP) is 2.39. The predicted molar refractivity (Wildman–Crippen MR) is 82.8 cm³/mol. The van der Waals surface area contributed by atoms with Gasteiger partial charge in [0.05, 0.1) is 11.9 Å². The number of nitrogens with zero attached hydrogens (tertiary/aromatic N) is 4. The van der Waals surface area contributed by atoms with Crippen LogP contribution in [0.25, 0.3) is 16.7 Å². The van der Waals surface area contributed by atoms with Crippen molar-refractivity contribution in [1.29, 1.82) is 0 Å². The number of aromatic nitrogens is 4. The van der Waals surface area contributed by atoms with Crippen LogP contribution in [-0.2, 0) is 6.54 Å². The summed E-state index contributed by atoms with van der Waals surface area (Å²) >= 11 is 0. The molecule has 3 rings (SSSR count). The Morgan fingerprint density at radius 1 is 1.24 bits per heavy atom. The van der Waals surface area contributed by atoms with Gasteiger partial charge in [0.1, 0.15) is 11.7 Å². The second kappa shape index (κ2) is 5.01. The van der Waals surface area contributed by atoms with E-state index in [1.54, 1.807) is 17.0 Å². The molecule has 0 fully saturated rings. The Balaban J connectivity index is 2.23. The SMILES string of the molecule is C=CCn1cnc2c(cnn2-c2cc(C)cc(C)c2)c1=O. The van der Waals surface area contributed by atoms with Crippen LogP contribution < -0.4 is 5.56 Å². The summed E-state index contributed by atoms with van der Waals surface area (Å²) in [6.07, 6.45) is 4.78. The largest absolute Gasteiger partial charge is 0.295 e. The van der Waals surface area contributed by atoms with Gasteiger partial charge >= 0.3 is 0 Å². The molecular weight excluding hydrogens is 264 g/mol. The van der Waals surface area contributed by atoms with Gasteiger partial charge in [-0.05, 0) is 37.1 Å². The van der Waals surface area contributed by atoms with Gasteiger partial charge in [0.2, 0.25) is 0 Å². The van der Waals surface area contributed by atoms with E-state index < -0.39 is 0 Å². The van der Waals surface area contributed by atoms with E-state index in [2.05, 4.69) is 22.7 Å². The van der Waals surface area contributed by atoms with Crippen LogP contribution in [0.4, 0.5) is 0 Å². The molecule has 0 N–H and O–H groups in total. The molecule has 0 aliphatic heterocycles. The lowest BCUT2D eigenvalue weighted by Gasteiger charge is -2.06. The van der Waals surface area contributed by atoms with Gasteiger partial charge in [-0.1, -0.05) is 12.1 Å². The summed E-state index contributed by atoms with van der Waals surface area (Å²) in [4.78, 5) is 16.7. The Morgan fingerprint density at radius 3 is 2.62 bits per heavy atom. The highest BCUT2D eigenvalue weighted by Gasteiger charge is 2.11. The summed E-state index contributed by atoms with van der Waals surface area (Å²) in [5.41, 5.74) is 3.68. The van der Waals surface area contributed by atoms with Crippen LogP contribution in [0, 0.1) is 13.8 Å². The molecule has 0 bridgehead atoms. The van der Waals surface area contributed by atoms with Crippen molar-refractivity contribution >= 4 is 11.0 Å².